The molecule has 1 aliphatic rings. The largest absolute Gasteiger partial charge is 0.368 e. The van der Waals surface area contributed by atoms with Gasteiger partial charge < -0.3 is 10.6 Å². The van der Waals surface area contributed by atoms with Crippen molar-refractivity contribution in [2.45, 2.75) is 13.0 Å². The summed E-state index contributed by atoms with van der Waals surface area (Å²) in [6.45, 7) is 1.89. The van der Waals surface area contributed by atoms with Gasteiger partial charge in [0, 0.05) is 10.0 Å². The lowest BCUT2D eigenvalue weighted by Gasteiger charge is -2.44. The van der Waals surface area contributed by atoms with Gasteiger partial charge in [-0.1, -0.05) is 46.9 Å². The summed E-state index contributed by atoms with van der Waals surface area (Å²) in [4.78, 5) is 13.7. The molecule has 0 radical (unpaired) electrons. The highest BCUT2D eigenvalue weighted by molar-refractivity contribution is 6.36. The molecule has 0 spiro atoms. The Labute approximate surface area is 149 Å². The lowest BCUT2D eigenvalue weighted by Crippen LogP contribution is -2.52. The molecule has 3 rings (SSSR count). The molecule has 1 unspecified atom stereocenters. The highest BCUT2D eigenvalue weighted by Gasteiger charge is 2.41. The molecule has 1 amide bonds. The zero-order valence-corrected chi connectivity index (χ0v) is 14.5. The van der Waals surface area contributed by atoms with E-state index in [-0.39, 0.29) is 0 Å². The topological polar surface area (TPSA) is 46.3 Å². The van der Waals surface area contributed by atoms with E-state index in [1.165, 1.54) is 0 Å². The molecule has 118 valence electrons. The third-order valence-electron chi connectivity index (χ3n) is 3.84. The number of hydrogen-bond donors (Lipinski definition) is 1. The predicted molar refractivity (Wildman–Crippen MR) is 96.0 cm³/mol. The number of rotatable bonds is 3. The summed E-state index contributed by atoms with van der Waals surface area (Å²) in [5, 5.41) is 1.64. The third kappa shape index (κ3) is 2.80. The molecule has 6 heteroatoms. The fraction of sp³-hybridized carbons (Fsp3) is 0.118. The van der Waals surface area contributed by atoms with Gasteiger partial charge in [-0.3, -0.25) is 4.79 Å². The molecule has 0 bridgehead atoms. The van der Waals surface area contributed by atoms with Crippen molar-refractivity contribution in [3.05, 3.63) is 68.7 Å². The second-order valence-electron chi connectivity index (χ2n) is 5.31. The maximum absolute atomic E-state index is 11.8. The van der Waals surface area contributed by atoms with Gasteiger partial charge >= 0.3 is 0 Å². The van der Waals surface area contributed by atoms with Crippen molar-refractivity contribution >= 4 is 52.1 Å². The first-order valence-corrected chi connectivity index (χ1v) is 8.04. The van der Waals surface area contributed by atoms with Crippen molar-refractivity contribution in [1.82, 2.24) is 0 Å². The van der Waals surface area contributed by atoms with Crippen LogP contribution in [0.15, 0.2) is 48.0 Å². The minimum Gasteiger partial charge on any atom is -0.368 e. The number of nitrogens with zero attached hydrogens (tertiary/aromatic N) is 1. The van der Waals surface area contributed by atoms with Crippen molar-refractivity contribution in [3.8, 4) is 0 Å². The van der Waals surface area contributed by atoms with Gasteiger partial charge in [-0.15, -0.1) is 0 Å². The first kappa shape index (κ1) is 16.2. The van der Waals surface area contributed by atoms with Crippen LogP contribution in [0.25, 0.3) is 5.70 Å². The molecule has 2 N–H and O–H groups in total. The molecule has 2 aromatic carbocycles. The van der Waals surface area contributed by atoms with Gasteiger partial charge in [0.15, 0.2) is 0 Å². The van der Waals surface area contributed by atoms with Crippen LogP contribution in [0.4, 0.5) is 5.69 Å². The van der Waals surface area contributed by atoms with Crippen molar-refractivity contribution < 1.29 is 4.79 Å². The quantitative estimate of drug-likeness (QED) is 0.850. The maximum Gasteiger partial charge on any atom is 0.244 e. The van der Waals surface area contributed by atoms with Gasteiger partial charge in [0.1, 0.15) is 6.04 Å². The Kier molecular flexibility index (Phi) is 4.28. The Balaban J connectivity index is 2.12. The molecule has 2 aromatic rings. The van der Waals surface area contributed by atoms with Crippen molar-refractivity contribution in [1.29, 1.82) is 0 Å². The first-order valence-electron chi connectivity index (χ1n) is 6.90. The van der Waals surface area contributed by atoms with E-state index in [9.17, 15) is 4.79 Å². The maximum atomic E-state index is 11.8. The second kappa shape index (κ2) is 6.08. The molecule has 1 atom stereocenters. The fourth-order valence-corrected chi connectivity index (χ4v) is 3.45. The Bertz CT molecular complexity index is 815. The molecule has 23 heavy (non-hydrogen) atoms. The Morgan fingerprint density at radius 1 is 1.04 bits per heavy atom. The van der Waals surface area contributed by atoms with E-state index in [1.54, 1.807) is 30.3 Å². The predicted octanol–water partition coefficient (Wildman–Crippen LogP) is 4.75. The summed E-state index contributed by atoms with van der Waals surface area (Å²) in [5.74, 6) is -0.425. The molecule has 1 aliphatic heterocycles. The summed E-state index contributed by atoms with van der Waals surface area (Å²) in [7, 11) is 0. The van der Waals surface area contributed by atoms with Crippen LogP contribution in [0, 0.1) is 0 Å². The van der Waals surface area contributed by atoms with Crippen LogP contribution in [0.1, 0.15) is 12.5 Å². The zero-order chi connectivity index (χ0) is 16.7. The third-order valence-corrected chi connectivity index (χ3v) is 4.63. The molecular weight excluding hydrogens is 355 g/mol. The highest BCUT2D eigenvalue weighted by atomic mass is 35.5. The van der Waals surface area contributed by atoms with Crippen molar-refractivity contribution in [2.75, 3.05) is 4.90 Å². The molecule has 0 aromatic heterocycles. The number of carbonyl (C=O) groups is 1. The minimum absolute atomic E-state index is 0.425. The van der Waals surface area contributed by atoms with Crippen LogP contribution in [-0.4, -0.2) is 11.9 Å². The average Bonchev–Trinajstić information content (AvgIpc) is 2.47. The monoisotopic (exact) mass is 366 g/mol. The molecule has 0 saturated heterocycles. The molecule has 1 heterocycles. The van der Waals surface area contributed by atoms with Crippen LogP contribution >= 0.6 is 34.8 Å². The summed E-state index contributed by atoms with van der Waals surface area (Å²) in [5.41, 5.74) is 8.98. The molecule has 0 fully saturated rings. The number of benzene rings is 2. The Hall–Kier alpha value is -1.68. The summed E-state index contributed by atoms with van der Waals surface area (Å²) in [6, 6.07) is 12.0. The van der Waals surface area contributed by atoms with E-state index in [0.717, 1.165) is 16.8 Å². The van der Waals surface area contributed by atoms with Gasteiger partial charge in [-0.05, 0) is 48.4 Å². The fourth-order valence-electron chi connectivity index (χ4n) is 2.83. The number of anilines is 1. The zero-order valence-electron chi connectivity index (χ0n) is 12.2. The number of amides is 1. The smallest absolute Gasteiger partial charge is 0.244 e. The number of primary amides is 1. The van der Waals surface area contributed by atoms with Crippen LogP contribution in [0.5, 0.6) is 0 Å². The Morgan fingerprint density at radius 2 is 1.65 bits per heavy atom. The van der Waals surface area contributed by atoms with Gasteiger partial charge in [-0.25, -0.2) is 0 Å². The minimum atomic E-state index is -0.528. The molecular formula is C17H13Cl3N2O. The van der Waals surface area contributed by atoms with E-state index in [2.05, 4.69) is 0 Å². The second-order valence-corrected chi connectivity index (χ2v) is 6.59. The van der Waals surface area contributed by atoms with Crippen molar-refractivity contribution in [2.24, 2.45) is 5.73 Å². The number of nitrogens with two attached hydrogens (primary N) is 1. The highest BCUT2D eigenvalue weighted by Crippen LogP contribution is 2.45. The summed E-state index contributed by atoms with van der Waals surface area (Å²) < 4.78 is 0. The molecule has 3 nitrogen and oxygen atoms in total. The van der Waals surface area contributed by atoms with E-state index in [4.69, 9.17) is 40.5 Å². The number of hydrogen-bond acceptors (Lipinski definition) is 2. The summed E-state index contributed by atoms with van der Waals surface area (Å²) in [6.07, 6.45) is 0. The standard InChI is InChI=1S/C17H13Cl3N2O/c1-9-15(10-2-4-11(18)5-3-10)22(16(9)17(21)23)14-7-6-12(19)8-13(14)20/h2-8,16H,1H3,(H2,21,23). The Morgan fingerprint density at radius 3 is 2.22 bits per heavy atom. The van der Waals surface area contributed by atoms with E-state index in [1.807, 2.05) is 24.0 Å². The van der Waals surface area contributed by atoms with E-state index < -0.39 is 11.9 Å². The van der Waals surface area contributed by atoms with Gasteiger partial charge in [0.05, 0.1) is 16.4 Å². The van der Waals surface area contributed by atoms with Crippen LogP contribution < -0.4 is 10.6 Å². The normalized spacial score (nSPS) is 17.2. The number of carbonyl (C=O) groups excluding carboxylic acids is 1. The average molecular weight is 368 g/mol. The summed E-state index contributed by atoms with van der Waals surface area (Å²) >= 11 is 18.2. The molecule has 0 aliphatic carbocycles. The lowest BCUT2D eigenvalue weighted by molar-refractivity contribution is -0.118. The van der Waals surface area contributed by atoms with Gasteiger partial charge in [0.25, 0.3) is 0 Å². The lowest BCUT2D eigenvalue weighted by atomic mass is 9.89. The van der Waals surface area contributed by atoms with Gasteiger partial charge in [0.2, 0.25) is 5.91 Å². The van der Waals surface area contributed by atoms with Crippen molar-refractivity contribution in [3.63, 3.8) is 0 Å². The van der Waals surface area contributed by atoms with Crippen LogP contribution in [0.2, 0.25) is 15.1 Å². The van der Waals surface area contributed by atoms with E-state index >= 15 is 0 Å². The van der Waals surface area contributed by atoms with Gasteiger partial charge in [-0.2, -0.15) is 0 Å². The SMILES string of the molecule is CC1=C(c2ccc(Cl)cc2)N(c2ccc(Cl)cc2Cl)C1C(N)=O. The van der Waals surface area contributed by atoms with Crippen LogP contribution in [-0.2, 0) is 4.79 Å². The number of halogens is 3. The van der Waals surface area contributed by atoms with E-state index in [0.29, 0.717) is 20.8 Å². The van der Waals surface area contributed by atoms with Crippen LogP contribution in [0.3, 0.4) is 0 Å². The first-order chi connectivity index (χ1) is 10.9. The molecule has 0 saturated carbocycles.